The number of nitrogens with zero attached hydrogens (tertiary/aromatic N) is 2. The summed E-state index contributed by atoms with van der Waals surface area (Å²) < 4.78 is 19.5. The van der Waals surface area contributed by atoms with Crippen LogP contribution in [0.4, 0.5) is 4.39 Å². The lowest BCUT2D eigenvalue weighted by atomic mass is 10.0. The minimum Gasteiger partial charge on any atom is -0.488 e. The highest BCUT2D eigenvalue weighted by Crippen LogP contribution is 2.22. The molecule has 0 amide bonds. The summed E-state index contributed by atoms with van der Waals surface area (Å²) in [6, 6.07) is 8.74. The number of β-amino-alcohol motifs (C(OH)–C–C–N with tert-alkyl or cyclic N) is 1. The zero-order valence-corrected chi connectivity index (χ0v) is 13.3. The first-order chi connectivity index (χ1) is 11.1. The van der Waals surface area contributed by atoms with Crippen molar-refractivity contribution in [2.75, 3.05) is 13.1 Å². The molecule has 4 nitrogen and oxygen atoms in total. The van der Waals surface area contributed by atoms with E-state index < -0.39 is 6.10 Å². The number of likely N-dealkylation sites (tertiary alicyclic amines) is 1. The van der Waals surface area contributed by atoms with Crippen molar-refractivity contribution in [3.8, 4) is 5.75 Å². The van der Waals surface area contributed by atoms with E-state index in [0.29, 0.717) is 35.8 Å². The minimum absolute atomic E-state index is 0.269. The molecule has 2 atom stereocenters. The second-order valence-electron chi connectivity index (χ2n) is 5.67. The number of hydrogen-bond acceptors (Lipinski definition) is 4. The number of aliphatic hydroxyl groups excluding tert-OH is 1. The van der Waals surface area contributed by atoms with Gasteiger partial charge in [-0.05, 0) is 36.8 Å². The number of hydrogen-bond donors (Lipinski definition) is 1. The van der Waals surface area contributed by atoms with Crippen LogP contribution < -0.4 is 4.74 Å². The maximum atomic E-state index is 13.7. The van der Waals surface area contributed by atoms with E-state index in [9.17, 15) is 9.50 Å². The standard InChI is InChI=1S/C17H18ClFN2O2/c18-13-1-3-14(4-2-13)23-17-6-8-21(11-16(17)22)10-12-5-7-20-9-15(12)19/h1-5,7,9,16-17,22H,6,8,10-11H2/t16-,17-/m1/s1. The highest BCUT2D eigenvalue weighted by Gasteiger charge is 2.29. The van der Waals surface area contributed by atoms with E-state index in [-0.39, 0.29) is 11.9 Å². The molecule has 1 aromatic carbocycles. The summed E-state index contributed by atoms with van der Waals surface area (Å²) in [5, 5.41) is 10.9. The largest absolute Gasteiger partial charge is 0.488 e. The lowest BCUT2D eigenvalue weighted by Gasteiger charge is -2.36. The Labute approximate surface area is 139 Å². The first-order valence-electron chi connectivity index (χ1n) is 7.53. The number of rotatable bonds is 4. The van der Waals surface area contributed by atoms with Crippen molar-refractivity contribution in [2.24, 2.45) is 0 Å². The molecule has 122 valence electrons. The molecule has 1 aromatic heterocycles. The van der Waals surface area contributed by atoms with Crippen LogP contribution >= 0.6 is 11.6 Å². The van der Waals surface area contributed by atoms with Gasteiger partial charge in [-0.15, -0.1) is 0 Å². The quantitative estimate of drug-likeness (QED) is 0.932. The highest BCUT2D eigenvalue weighted by atomic mass is 35.5. The van der Waals surface area contributed by atoms with Crippen molar-refractivity contribution >= 4 is 11.6 Å². The van der Waals surface area contributed by atoms with Crippen molar-refractivity contribution in [3.63, 3.8) is 0 Å². The van der Waals surface area contributed by atoms with E-state index in [0.717, 1.165) is 6.54 Å². The zero-order valence-electron chi connectivity index (χ0n) is 12.5. The molecule has 1 aliphatic heterocycles. The third-order valence-corrected chi connectivity index (χ3v) is 4.21. The molecule has 1 aliphatic rings. The molecule has 0 saturated carbocycles. The van der Waals surface area contributed by atoms with Gasteiger partial charge < -0.3 is 9.84 Å². The fourth-order valence-electron chi connectivity index (χ4n) is 2.72. The lowest BCUT2D eigenvalue weighted by Crippen LogP contribution is -2.48. The molecule has 2 heterocycles. The Balaban J connectivity index is 1.57. The van der Waals surface area contributed by atoms with Crippen molar-refractivity contribution in [3.05, 3.63) is 59.1 Å². The van der Waals surface area contributed by atoms with E-state index in [1.165, 1.54) is 6.20 Å². The molecule has 23 heavy (non-hydrogen) atoms. The number of benzene rings is 1. The number of piperidine rings is 1. The van der Waals surface area contributed by atoms with Gasteiger partial charge in [-0.2, -0.15) is 0 Å². The maximum absolute atomic E-state index is 13.7. The summed E-state index contributed by atoms with van der Waals surface area (Å²) in [6.45, 7) is 1.64. The van der Waals surface area contributed by atoms with E-state index in [2.05, 4.69) is 4.98 Å². The average Bonchev–Trinajstić information content (AvgIpc) is 2.54. The molecule has 1 N–H and O–H groups in total. The van der Waals surface area contributed by atoms with Crippen LogP contribution in [0.15, 0.2) is 42.7 Å². The minimum atomic E-state index is -0.621. The smallest absolute Gasteiger partial charge is 0.145 e. The predicted octanol–water partition coefficient (Wildman–Crippen LogP) is 2.89. The summed E-state index contributed by atoms with van der Waals surface area (Å²) in [7, 11) is 0. The SMILES string of the molecule is O[C@@H]1CN(Cc2ccncc2F)CC[C@H]1Oc1ccc(Cl)cc1. The molecule has 6 heteroatoms. The summed E-state index contributed by atoms with van der Waals surface area (Å²) >= 11 is 5.85. The van der Waals surface area contributed by atoms with Gasteiger partial charge in [0, 0.05) is 36.4 Å². The molecule has 3 rings (SSSR count). The zero-order chi connectivity index (χ0) is 16.2. The topological polar surface area (TPSA) is 45.6 Å². The monoisotopic (exact) mass is 336 g/mol. The number of aliphatic hydroxyl groups is 1. The van der Waals surface area contributed by atoms with Gasteiger partial charge in [-0.1, -0.05) is 11.6 Å². The first kappa shape index (κ1) is 16.2. The third kappa shape index (κ3) is 4.19. The van der Waals surface area contributed by atoms with Crippen LogP contribution in [0, 0.1) is 5.82 Å². The van der Waals surface area contributed by atoms with Gasteiger partial charge >= 0.3 is 0 Å². The van der Waals surface area contributed by atoms with Gasteiger partial charge in [-0.3, -0.25) is 9.88 Å². The van der Waals surface area contributed by atoms with E-state index in [1.54, 1.807) is 36.5 Å². The molecule has 1 fully saturated rings. The second-order valence-corrected chi connectivity index (χ2v) is 6.10. The van der Waals surface area contributed by atoms with Crippen LogP contribution in [0.1, 0.15) is 12.0 Å². The van der Waals surface area contributed by atoms with Crippen molar-refractivity contribution < 1.29 is 14.2 Å². The van der Waals surface area contributed by atoms with Gasteiger partial charge in [0.2, 0.25) is 0 Å². The molecule has 2 aromatic rings. The number of ether oxygens (including phenoxy) is 1. The van der Waals surface area contributed by atoms with Crippen LogP contribution in [-0.2, 0) is 6.54 Å². The molecule has 0 radical (unpaired) electrons. The van der Waals surface area contributed by atoms with Crippen LogP contribution in [-0.4, -0.2) is 40.3 Å². The van der Waals surface area contributed by atoms with Gasteiger partial charge in [0.15, 0.2) is 0 Å². The van der Waals surface area contributed by atoms with Crippen LogP contribution in [0.3, 0.4) is 0 Å². The molecular weight excluding hydrogens is 319 g/mol. The van der Waals surface area contributed by atoms with Crippen LogP contribution in [0.2, 0.25) is 5.02 Å². The Morgan fingerprint density at radius 1 is 1.30 bits per heavy atom. The second kappa shape index (κ2) is 7.25. The van der Waals surface area contributed by atoms with Crippen LogP contribution in [0.25, 0.3) is 0 Å². The molecular formula is C17H18ClFN2O2. The maximum Gasteiger partial charge on any atom is 0.145 e. The highest BCUT2D eigenvalue weighted by molar-refractivity contribution is 6.30. The van der Waals surface area contributed by atoms with Crippen molar-refractivity contribution in [1.29, 1.82) is 0 Å². The Kier molecular flexibility index (Phi) is 5.10. The van der Waals surface area contributed by atoms with Gasteiger partial charge in [-0.25, -0.2) is 4.39 Å². The number of halogens is 2. The Morgan fingerprint density at radius 2 is 2.09 bits per heavy atom. The Hall–Kier alpha value is -1.69. The Bertz CT molecular complexity index is 653. The molecule has 1 saturated heterocycles. The predicted molar refractivity (Wildman–Crippen MR) is 86.0 cm³/mol. The van der Waals surface area contributed by atoms with Gasteiger partial charge in [0.05, 0.1) is 6.20 Å². The average molecular weight is 337 g/mol. The summed E-state index contributed by atoms with van der Waals surface area (Å²) in [6.07, 6.45) is 2.57. The molecule has 0 spiro atoms. The van der Waals surface area contributed by atoms with Gasteiger partial charge in [0.1, 0.15) is 23.8 Å². The molecule has 0 bridgehead atoms. The van der Waals surface area contributed by atoms with E-state index in [4.69, 9.17) is 16.3 Å². The normalized spacial score (nSPS) is 22.0. The number of pyridine rings is 1. The van der Waals surface area contributed by atoms with Crippen LogP contribution in [0.5, 0.6) is 5.75 Å². The summed E-state index contributed by atoms with van der Waals surface area (Å²) in [5.41, 5.74) is 0.587. The Morgan fingerprint density at radius 3 is 2.78 bits per heavy atom. The summed E-state index contributed by atoms with van der Waals surface area (Å²) in [4.78, 5) is 5.76. The molecule has 0 aliphatic carbocycles. The summed E-state index contributed by atoms with van der Waals surface area (Å²) in [5.74, 6) is 0.369. The van der Waals surface area contributed by atoms with Crippen molar-refractivity contribution in [2.45, 2.75) is 25.2 Å². The van der Waals surface area contributed by atoms with Crippen molar-refractivity contribution in [1.82, 2.24) is 9.88 Å². The third-order valence-electron chi connectivity index (χ3n) is 3.96. The van der Waals surface area contributed by atoms with Gasteiger partial charge in [0.25, 0.3) is 0 Å². The fraction of sp³-hybridized carbons (Fsp3) is 0.353. The number of aromatic nitrogens is 1. The fourth-order valence-corrected chi connectivity index (χ4v) is 2.84. The van der Waals surface area contributed by atoms with E-state index in [1.807, 2.05) is 4.90 Å². The first-order valence-corrected chi connectivity index (χ1v) is 7.90. The molecule has 0 unspecified atom stereocenters. The lowest BCUT2D eigenvalue weighted by molar-refractivity contribution is -0.0277. The van der Waals surface area contributed by atoms with E-state index >= 15 is 0 Å².